The van der Waals surface area contributed by atoms with Gasteiger partial charge in [0.15, 0.2) is 6.29 Å². The minimum atomic E-state index is -1.06. The van der Waals surface area contributed by atoms with E-state index in [0.717, 1.165) is 6.08 Å². The van der Waals surface area contributed by atoms with Crippen LogP contribution >= 0.6 is 11.6 Å². The minimum Gasteiger partial charge on any atom is -0.478 e. The van der Waals surface area contributed by atoms with Crippen LogP contribution in [0, 0.1) is 0 Å². The zero-order valence-electron chi connectivity index (χ0n) is 7.11. The average molecular weight is 211 g/mol. The molecule has 0 bridgehead atoms. The Kier molecular flexibility index (Phi) is 3.42. The lowest BCUT2D eigenvalue weighted by Crippen LogP contribution is -1.89. The van der Waals surface area contributed by atoms with E-state index < -0.39 is 5.97 Å². The molecule has 3 nitrogen and oxygen atoms in total. The van der Waals surface area contributed by atoms with Crippen molar-refractivity contribution in [2.45, 2.75) is 0 Å². The molecule has 14 heavy (non-hydrogen) atoms. The summed E-state index contributed by atoms with van der Waals surface area (Å²) in [5, 5.41) is 8.84. The molecular formula is C10H7ClO3. The number of hydrogen-bond acceptors (Lipinski definition) is 2. The summed E-state index contributed by atoms with van der Waals surface area (Å²) in [7, 11) is 0. The molecule has 0 atom stereocenters. The Morgan fingerprint density at radius 1 is 1.36 bits per heavy atom. The van der Waals surface area contributed by atoms with Crippen LogP contribution in [-0.2, 0) is 4.79 Å². The Morgan fingerprint density at radius 3 is 2.64 bits per heavy atom. The van der Waals surface area contributed by atoms with Crippen molar-refractivity contribution in [1.82, 2.24) is 0 Å². The molecule has 1 aromatic rings. The summed E-state index contributed by atoms with van der Waals surface area (Å²) in [6, 6.07) is 4.66. The highest BCUT2D eigenvalue weighted by atomic mass is 35.5. The first-order valence-electron chi connectivity index (χ1n) is 3.79. The van der Waals surface area contributed by atoms with Gasteiger partial charge in [0, 0.05) is 16.7 Å². The van der Waals surface area contributed by atoms with Crippen LogP contribution in [0.1, 0.15) is 15.9 Å². The van der Waals surface area contributed by atoms with Gasteiger partial charge in [0.05, 0.1) is 0 Å². The molecule has 0 aliphatic rings. The number of carboxylic acid groups (broad SMARTS) is 1. The Balaban J connectivity index is 3.08. The molecule has 1 rings (SSSR count). The van der Waals surface area contributed by atoms with Crippen molar-refractivity contribution < 1.29 is 14.7 Å². The van der Waals surface area contributed by atoms with Gasteiger partial charge in [0.2, 0.25) is 0 Å². The smallest absolute Gasteiger partial charge is 0.328 e. The molecule has 0 heterocycles. The molecule has 4 heteroatoms. The zero-order chi connectivity index (χ0) is 10.6. The number of carboxylic acids is 1. The van der Waals surface area contributed by atoms with Crippen LogP contribution in [0.5, 0.6) is 0 Å². The van der Waals surface area contributed by atoms with Gasteiger partial charge in [-0.1, -0.05) is 17.7 Å². The number of aliphatic carboxylic acids is 1. The van der Waals surface area contributed by atoms with E-state index in [1.165, 1.54) is 12.1 Å². The maximum Gasteiger partial charge on any atom is 0.328 e. The van der Waals surface area contributed by atoms with Crippen molar-refractivity contribution in [1.29, 1.82) is 0 Å². The highest BCUT2D eigenvalue weighted by Crippen LogP contribution is 2.15. The van der Waals surface area contributed by atoms with Gasteiger partial charge < -0.3 is 5.11 Å². The maximum absolute atomic E-state index is 10.6. The second-order valence-corrected chi connectivity index (χ2v) is 3.00. The molecule has 0 saturated heterocycles. The van der Waals surface area contributed by atoms with Crippen LogP contribution in [0.3, 0.4) is 0 Å². The van der Waals surface area contributed by atoms with Crippen LogP contribution < -0.4 is 0 Å². The lowest BCUT2D eigenvalue weighted by atomic mass is 10.1. The minimum absolute atomic E-state index is 0.370. The van der Waals surface area contributed by atoms with Crippen LogP contribution in [0.15, 0.2) is 24.3 Å². The number of hydrogen-bond donors (Lipinski definition) is 1. The standard InChI is InChI=1S/C10H7ClO3/c11-9-3-1-7(2-4-10(13)14)8(5-9)6-12/h1-6H,(H,13,14)/b4-2+. The number of aldehydes is 1. The first-order chi connectivity index (χ1) is 6.63. The van der Waals surface area contributed by atoms with Crippen molar-refractivity contribution >= 4 is 29.9 Å². The zero-order valence-corrected chi connectivity index (χ0v) is 7.86. The number of halogens is 1. The summed E-state index contributed by atoms with van der Waals surface area (Å²) < 4.78 is 0. The first kappa shape index (κ1) is 10.5. The Labute approximate surface area is 85.6 Å². The molecule has 0 aliphatic carbocycles. The summed E-state index contributed by atoms with van der Waals surface area (Å²) >= 11 is 5.66. The highest BCUT2D eigenvalue weighted by Gasteiger charge is 1.99. The van der Waals surface area contributed by atoms with Crippen molar-refractivity contribution in [3.8, 4) is 0 Å². The van der Waals surface area contributed by atoms with Gasteiger partial charge in [-0.2, -0.15) is 0 Å². The number of benzene rings is 1. The third kappa shape index (κ3) is 2.71. The average Bonchev–Trinajstić information content (AvgIpc) is 2.15. The summed E-state index contributed by atoms with van der Waals surface area (Å²) in [6.45, 7) is 0. The lowest BCUT2D eigenvalue weighted by molar-refractivity contribution is -0.131. The van der Waals surface area contributed by atoms with Crippen molar-refractivity contribution in [3.63, 3.8) is 0 Å². The molecule has 0 unspecified atom stereocenters. The van der Waals surface area contributed by atoms with E-state index in [1.807, 2.05) is 0 Å². The van der Waals surface area contributed by atoms with E-state index in [2.05, 4.69) is 0 Å². The quantitative estimate of drug-likeness (QED) is 0.615. The van der Waals surface area contributed by atoms with Gasteiger partial charge in [-0.15, -0.1) is 0 Å². The van der Waals surface area contributed by atoms with Crippen LogP contribution in [0.2, 0.25) is 5.02 Å². The van der Waals surface area contributed by atoms with Crippen LogP contribution in [0.25, 0.3) is 6.08 Å². The third-order valence-corrected chi connectivity index (χ3v) is 1.82. The number of rotatable bonds is 3. The van der Waals surface area contributed by atoms with Crippen molar-refractivity contribution in [3.05, 3.63) is 40.4 Å². The molecule has 0 aromatic heterocycles. The largest absolute Gasteiger partial charge is 0.478 e. The van der Waals surface area contributed by atoms with Crippen molar-refractivity contribution in [2.24, 2.45) is 0 Å². The van der Waals surface area contributed by atoms with E-state index >= 15 is 0 Å². The molecule has 0 radical (unpaired) electrons. The lowest BCUT2D eigenvalue weighted by Gasteiger charge is -1.98. The third-order valence-electron chi connectivity index (χ3n) is 1.58. The number of carbonyl (C=O) groups excluding carboxylic acids is 1. The molecule has 1 aromatic carbocycles. The summed E-state index contributed by atoms with van der Waals surface area (Å²) in [6.07, 6.45) is 2.95. The van der Waals surface area contributed by atoms with E-state index in [-0.39, 0.29) is 0 Å². The monoisotopic (exact) mass is 210 g/mol. The summed E-state index contributed by atoms with van der Waals surface area (Å²) in [5.41, 5.74) is 0.904. The molecular weight excluding hydrogens is 204 g/mol. The fourth-order valence-corrected chi connectivity index (χ4v) is 1.14. The normalized spacial score (nSPS) is 10.4. The Hall–Kier alpha value is -1.61. The molecule has 1 N–H and O–H groups in total. The predicted octanol–water partition coefficient (Wildman–Crippen LogP) is 2.25. The van der Waals surface area contributed by atoms with Gasteiger partial charge in [-0.05, 0) is 23.8 Å². The van der Waals surface area contributed by atoms with E-state index in [1.54, 1.807) is 12.1 Å². The molecule has 0 fully saturated rings. The predicted molar refractivity (Wildman–Crippen MR) is 53.5 cm³/mol. The molecule has 0 saturated carbocycles. The van der Waals surface area contributed by atoms with E-state index in [0.29, 0.717) is 22.4 Å². The summed E-state index contributed by atoms with van der Waals surface area (Å²) in [5.74, 6) is -1.06. The molecule has 0 amide bonds. The molecule has 0 spiro atoms. The first-order valence-corrected chi connectivity index (χ1v) is 4.17. The van der Waals surface area contributed by atoms with Crippen molar-refractivity contribution in [2.75, 3.05) is 0 Å². The van der Waals surface area contributed by atoms with E-state index in [4.69, 9.17) is 16.7 Å². The van der Waals surface area contributed by atoms with E-state index in [9.17, 15) is 9.59 Å². The summed E-state index contributed by atoms with van der Waals surface area (Å²) in [4.78, 5) is 20.8. The second-order valence-electron chi connectivity index (χ2n) is 2.56. The fraction of sp³-hybridized carbons (Fsp3) is 0. The van der Waals surface area contributed by atoms with Gasteiger partial charge in [-0.25, -0.2) is 4.79 Å². The van der Waals surface area contributed by atoms with Crippen LogP contribution in [0.4, 0.5) is 0 Å². The van der Waals surface area contributed by atoms with Gasteiger partial charge in [-0.3, -0.25) is 4.79 Å². The second kappa shape index (κ2) is 4.58. The van der Waals surface area contributed by atoms with Crippen LogP contribution in [-0.4, -0.2) is 17.4 Å². The fourth-order valence-electron chi connectivity index (χ4n) is 0.961. The Bertz CT molecular complexity index is 396. The highest BCUT2D eigenvalue weighted by molar-refractivity contribution is 6.30. The van der Waals surface area contributed by atoms with Gasteiger partial charge >= 0.3 is 5.97 Å². The molecule has 72 valence electrons. The van der Waals surface area contributed by atoms with Gasteiger partial charge in [0.1, 0.15) is 0 Å². The Morgan fingerprint density at radius 2 is 2.07 bits per heavy atom. The topological polar surface area (TPSA) is 54.4 Å². The molecule has 0 aliphatic heterocycles. The number of carbonyl (C=O) groups is 2. The maximum atomic E-state index is 10.6. The SMILES string of the molecule is O=Cc1cc(Cl)ccc1/C=C/C(=O)O. The van der Waals surface area contributed by atoms with Gasteiger partial charge in [0.25, 0.3) is 0 Å².